The molecule has 0 aliphatic rings. The monoisotopic (exact) mass is 350 g/mol. The number of hydrogen-bond donors (Lipinski definition) is 1. The molecule has 22 heavy (non-hydrogen) atoms. The minimum atomic E-state index is -0.371. The molecule has 0 unspecified atom stereocenters. The van der Waals surface area contributed by atoms with Gasteiger partial charge in [0.1, 0.15) is 5.82 Å². The Bertz CT molecular complexity index is 816. The molecule has 1 aromatic heterocycles. The van der Waals surface area contributed by atoms with E-state index in [1.54, 1.807) is 17.8 Å². The van der Waals surface area contributed by atoms with Crippen molar-refractivity contribution in [1.82, 2.24) is 4.98 Å². The summed E-state index contributed by atoms with van der Waals surface area (Å²) >= 11 is 9.12. The summed E-state index contributed by atoms with van der Waals surface area (Å²) in [5, 5.41) is 0.793. The molecular weight excluding hydrogens is 339 g/mol. The molecule has 0 aliphatic heterocycles. The van der Waals surface area contributed by atoms with Crippen LogP contribution in [0.2, 0.25) is 5.02 Å². The van der Waals surface area contributed by atoms with Crippen LogP contribution in [0.5, 0.6) is 0 Å². The molecule has 2 N–H and O–H groups in total. The first-order valence-electron chi connectivity index (χ1n) is 6.49. The van der Waals surface area contributed by atoms with Gasteiger partial charge >= 0.3 is 0 Å². The van der Waals surface area contributed by atoms with E-state index >= 15 is 0 Å². The highest BCUT2D eigenvalue weighted by molar-refractivity contribution is 8.01. The molecule has 2 aromatic carbocycles. The quantitative estimate of drug-likeness (QED) is 0.663. The summed E-state index contributed by atoms with van der Waals surface area (Å²) < 4.78 is 14.2. The van der Waals surface area contributed by atoms with Crippen LogP contribution >= 0.6 is 34.7 Å². The van der Waals surface area contributed by atoms with Gasteiger partial charge in [0, 0.05) is 10.5 Å². The molecule has 6 heteroatoms. The maximum Gasteiger partial charge on any atom is 0.181 e. The average Bonchev–Trinajstić information content (AvgIpc) is 2.82. The molecule has 0 spiro atoms. The van der Waals surface area contributed by atoms with Gasteiger partial charge in [-0.3, -0.25) is 0 Å². The van der Waals surface area contributed by atoms with Crippen molar-refractivity contribution in [1.29, 1.82) is 0 Å². The normalized spacial score (nSPS) is 10.9. The fourth-order valence-electron chi connectivity index (χ4n) is 1.96. The zero-order valence-electron chi connectivity index (χ0n) is 11.6. The number of hydrogen-bond acceptors (Lipinski definition) is 4. The second-order valence-corrected chi connectivity index (χ2v) is 7.51. The minimum Gasteiger partial charge on any atom is -0.375 e. The third-order valence-electron chi connectivity index (χ3n) is 3.03. The average molecular weight is 351 g/mol. The smallest absolute Gasteiger partial charge is 0.181 e. The van der Waals surface area contributed by atoms with E-state index in [0.717, 1.165) is 9.10 Å². The molecule has 3 rings (SSSR count). The topological polar surface area (TPSA) is 38.9 Å². The van der Waals surface area contributed by atoms with E-state index in [0.29, 0.717) is 21.4 Å². The van der Waals surface area contributed by atoms with Gasteiger partial charge in [-0.2, -0.15) is 0 Å². The SMILES string of the molecule is Cc1ccc(Sc2sc(N)nc2-c2ccc(F)cc2Cl)cc1. The summed E-state index contributed by atoms with van der Waals surface area (Å²) in [7, 11) is 0. The molecule has 2 nitrogen and oxygen atoms in total. The molecular formula is C16H12ClFN2S2. The van der Waals surface area contributed by atoms with E-state index in [1.807, 2.05) is 19.1 Å². The Morgan fingerprint density at radius 1 is 1.18 bits per heavy atom. The van der Waals surface area contributed by atoms with Gasteiger partial charge in [-0.25, -0.2) is 9.37 Å². The zero-order chi connectivity index (χ0) is 15.7. The summed E-state index contributed by atoms with van der Waals surface area (Å²) in [6.45, 7) is 2.04. The molecule has 1 heterocycles. The van der Waals surface area contributed by atoms with Crippen LogP contribution in [0, 0.1) is 12.7 Å². The largest absolute Gasteiger partial charge is 0.375 e. The number of benzene rings is 2. The Labute approximate surface area is 141 Å². The summed E-state index contributed by atoms with van der Waals surface area (Å²) in [6, 6.07) is 12.5. The van der Waals surface area contributed by atoms with Gasteiger partial charge in [0.15, 0.2) is 5.13 Å². The number of nitrogens with zero attached hydrogens (tertiary/aromatic N) is 1. The highest BCUT2D eigenvalue weighted by Crippen LogP contribution is 2.42. The lowest BCUT2D eigenvalue weighted by atomic mass is 10.2. The van der Waals surface area contributed by atoms with E-state index < -0.39 is 0 Å². The van der Waals surface area contributed by atoms with Gasteiger partial charge < -0.3 is 5.73 Å². The lowest BCUT2D eigenvalue weighted by Crippen LogP contribution is -1.86. The maximum absolute atomic E-state index is 13.2. The molecule has 0 bridgehead atoms. The standard InChI is InChI=1S/C16H12ClFN2S2/c1-9-2-5-11(6-3-9)21-15-14(20-16(19)22-15)12-7-4-10(18)8-13(12)17/h2-8H,1H3,(H2,19,20). The number of aryl methyl sites for hydroxylation is 1. The first kappa shape index (κ1) is 15.3. The Balaban J connectivity index is 2.01. The fourth-order valence-corrected chi connectivity index (χ4v) is 4.24. The van der Waals surface area contributed by atoms with Crippen LogP contribution < -0.4 is 5.73 Å². The van der Waals surface area contributed by atoms with E-state index in [9.17, 15) is 4.39 Å². The summed E-state index contributed by atoms with van der Waals surface area (Å²) in [6.07, 6.45) is 0. The van der Waals surface area contributed by atoms with Gasteiger partial charge in [-0.15, -0.1) is 0 Å². The second kappa shape index (κ2) is 6.28. The van der Waals surface area contributed by atoms with E-state index in [2.05, 4.69) is 17.1 Å². The van der Waals surface area contributed by atoms with Crippen molar-refractivity contribution in [3.63, 3.8) is 0 Å². The number of halogens is 2. The Hall–Kier alpha value is -1.56. The number of nitrogens with two attached hydrogens (primary N) is 1. The highest BCUT2D eigenvalue weighted by atomic mass is 35.5. The van der Waals surface area contributed by atoms with Crippen molar-refractivity contribution in [2.75, 3.05) is 5.73 Å². The lowest BCUT2D eigenvalue weighted by Gasteiger charge is -2.05. The number of anilines is 1. The van der Waals surface area contributed by atoms with Gasteiger partial charge in [0.25, 0.3) is 0 Å². The summed E-state index contributed by atoms with van der Waals surface area (Å²) in [4.78, 5) is 5.45. The van der Waals surface area contributed by atoms with Gasteiger partial charge in [0.2, 0.25) is 0 Å². The third kappa shape index (κ3) is 3.27. The van der Waals surface area contributed by atoms with E-state index in [1.165, 1.54) is 29.0 Å². The molecule has 112 valence electrons. The van der Waals surface area contributed by atoms with Crippen molar-refractivity contribution < 1.29 is 4.39 Å². The van der Waals surface area contributed by atoms with Gasteiger partial charge in [0.05, 0.1) is 14.9 Å². The van der Waals surface area contributed by atoms with Crippen LogP contribution in [0.4, 0.5) is 9.52 Å². The summed E-state index contributed by atoms with van der Waals surface area (Å²) in [5.74, 6) is -0.371. The fraction of sp³-hybridized carbons (Fsp3) is 0.0625. The van der Waals surface area contributed by atoms with Crippen LogP contribution in [0.15, 0.2) is 51.6 Å². The van der Waals surface area contributed by atoms with E-state index in [-0.39, 0.29) is 5.82 Å². The minimum absolute atomic E-state index is 0.330. The lowest BCUT2D eigenvalue weighted by molar-refractivity contribution is 0.628. The Kier molecular flexibility index (Phi) is 4.38. The second-order valence-electron chi connectivity index (χ2n) is 4.73. The molecule has 3 aromatic rings. The zero-order valence-corrected chi connectivity index (χ0v) is 14.0. The van der Waals surface area contributed by atoms with Crippen LogP contribution in [-0.4, -0.2) is 4.98 Å². The van der Waals surface area contributed by atoms with Gasteiger partial charge in [-0.1, -0.05) is 52.4 Å². The first-order chi connectivity index (χ1) is 10.5. The van der Waals surface area contributed by atoms with Gasteiger partial charge in [-0.05, 0) is 37.3 Å². The number of thiazole rings is 1. The van der Waals surface area contributed by atoms with Crippen LogP contribution in [0.1, 0.15) is 5.56 Å². The third-order valence-corrected chi connectivity index (χ3v) is 5.41. The molecule has 0 atom stereocenters. The molecule has 0 aliphatic carbocycles. The van der Waals surface area contributed by atoms with E-state index in [4.69, 9.17) is 17.3 Å². The van der Waals surface area contributed by atoms with Crippen molar-refractivity contribution in [2.45, 2.75) is 16.0 Å². The number of rotatable bonds is 3. The number of aromatic nitrogens is 1. The van der Waals surface area contributed by atoms with Crippen molar-refractivity contribution in [3.05, 3.63) is 58.9 Å². The molecule has 0 radical (unpaired) electrons. The molecule has 0 saturated heterocycles. The van der Waals surface area contributed by atoms with Crippen LogP contribution in [0.25, 0.3) is 11.3 Å². The predicted molar refractivity (Wildman–Crippen MR) is 92.2 cm³/mol. The molecule has 0 fully saturated rings. The van der Waals surface area contributed by atoms with Crippen molar-refractivity contribution in [3.8, 4) is 11.3 Å². The van der Waals surface area contributed by atoms with Crippen molar-refractivity contribution in [2.24, 2.45) is 0 Å². The van der Waals surface area contributed by atoms with Crippen LogP contribution in [-0.2, 0) is 0 Å². The molecule has 0 amide bonds. The Morgan fingerprint density at radius 3 is 2.59 bits per heavy atom. The highest BCUT2D eigenvalue weighted by Gasteiger charge is 2.16. The first-order valence-corrected chi connectivity index (χ1v) is 8.50. The predicted octanol–water partition coefficient (Wildman–Crippen LogP) is 5.64. The maximum atomic E-state index is 13.2. The summed E-state index contributed by atoms with van der Waals surface area (Å²) in [5.41, 5.74) is 8.43. The molecule has 0 saturated carbocycles. The van der Waals surface area contributed by atoms with Crippen molar-refractivity contribution >= 4 is 39.8 Å². The Morgan fingerprint density at radius 2 is 1.91 bits per heavy atom. The van der Waals surface area contributed by atoms with Crippen LogP contribution in [0.3, 0.4) is 0 Å². The number of nitrogen functional groups attached to an aromatic ring is 1.